The van der Waals surface area contributed by atoms with Crippen molar-refractivity contribution in [1.82, 2.24) is 9.47 Å². The Morgan fingerprint density at radius 1 is 1.16 bits per heavy atom. The summed E-state index contributed by atoms with van der Waals surface area (Å²) in [4.78, 5) is 27.8. The molecule has 0 N–H and O–H groups in total. The van der Waals surface area contributed by atoms with Crippen molar-refractivity contribution in [2.75, 3.05) is 13.1 Å². The van der Waals surface area contributed by atoms with Crippen LogP contribution in [-0.4, -0.2) is 28.5 Å². The molecule has 0 spiro atoms. The number of hydrogen-bond donors (Lipinski definition) is 0. The SMILES string of the molecule is C=CCN1C[C@H]2CCc3ccn(Cc4ccccc4)c(=O)c3[C@H]2C1=O. The molecule has 128 valence electrons. The van der Waals surface area contributed by atoms with E-state index in [-0.39, 0.29) is 23.3 Å². The third-order valence-corrected chi connectivity index (χ3v) is 5.44. The summed E-state index contributed by atoms with van der Waals surface area (Å²) in [6.45, 7) is 5.58. The van der Waals surface area contributed by atoms with Crippen LogP contribution in [0.25, 0.3) is 0 Å². The average Bonchev–Trinajstić information content (AvgIpc) is 2.95. The Morgan fingerprint density at radius 3 is 2.72 bits per heavy atom. The van der Waals surface area contributed by atoms with Crippen molar-refractivity contribution < 1.29 is 4.79 Å². The minimum Gasteiger partial charge on any atom is -0.338 e. The Bertz CT molecular complexity index is 869. The van der Waals surface area contributed by atoms with Gasteiger partial charge >= 0.3 is 0 Å². The maximum Gasteiger partial charge on any atom is 0.255 e. The smallest absolute Gasteiger partial charge is 0.255 e. The Kier molecular flexibility index (Phi) is 4.04. The second-order valence-corrected chi connectivity index (χ2v) is 6.98. The van der Waals surface area contributed by atoms with Gasteiger partial charge in [-0.3, -0.25) is 9.59 Å². The van der Waals surface area contributed by atoms with Crippen LogP contribution in [0.5, 0.6) is 0 Å². The van der Waals surface area contributed by atoms with Gasteiger partial charge in [-0.1, -0.05) is 36.4 Å². The first-order chi connectivity index (χ1) is 12.2. The van der Waals surface area contributed by atoms with Gasteiger partial charge in [0.05, 0.1) is 12.5 Å². The van der Waals surface area contributed by atoms with Gasteiger partial charge in [0.15, 0.2) is 0 Å². The molecule has 1 saturated heterocycles. The van der Waals surface area contributed by atoms with E-state index < -0.39 is 0 Å². The molecule has 1 aromatic heterocycles. The first-order valence-corrected chi connectivity index (χ1v) is 8.85. The number of hydrogen-bond acceptors (Lipinski definition) is 2. The molecule has 4 nitrogen and oxygen atoms in total. The van der Waals surface area contributed by atoms with Gasteiger partial charge in [-0.2, -0.15) is 0 Å². The Hall–Kier alpha value is -2.62. The molecule has 4 rings (SSSR count). The summed E-state index contributed by atoms with van der Waals surface area (Å²) in [6, 6.07) is 12.0. The predicted octanol–water partition coefficient (Wildman–Crippen LogP) is 2.57. The van der Waals surface area contributed by atoms with Crippen LogP contribution in [0.2, 0.25) is 0 Å². The van der Waals surface area contributed by atoms with Crippen molar-refractivity contribution in [3.05, 3.63) is 82.3 Å². The molecule has 2 aromatic rings. The fourth-order valence-electron chi connectivity index (χ4n) is 4.24. The van der Waals surface area contributed by atoms with Crippen LogP contribution >= 0.6 is 0 Å². The standard InChI is InChI=1S/C21H22N2O2/c1-2-11-22-14-17-9-8-16-10-12-23(13-15-6-4-3-5-7-15)20(24)18(16)19(17)21(22)25/h2-7,10,12,17,19H,1,8-9,11,13-14H2/t17-,19+/m1/s1. The van der Waals surface area contributed by atoms with E-state index in [1.807, 2.05) is 47.5 Å². The van der Waals surface area contributed by atoms with Gasteiger partial charge in [0, 0.05) is 24.8 Å². The van der Waals surface area contributed by atoms with Gasteiger partial charge < -0.3 is 9.47 Å². The van der Waals surface area contributed by atoms with Crippen LogP contribution in [0, 0.1) is 5.92 Å². The minimum absolute atomic E-state index is 0.00939. The highest BCUT2D eigenvalue weighted by molar-refractivity contribution is 5.87. The lowest BCUT2D eigenvalue weighted by molar-refractivity contribution is -0.128. The zero-order valence-corrected chi connectivity index (χ0v) is 14.2. The third kappa shape index (κ3) is 2.72. The number of rotatable bonds is 4. The third-order valence-electron chi connectivity index (χ3n) is 5.44. The van der Waals surface area contributed by atoms with Crippen LogP contribution in [0.3, 0.4) is 0 Å². The summed E-state index contributed by atoms with van der Waals surface area (Å²) in [7, 11) is 0. The first-order valence-electron chi connectivity index (χ1n) is 8.85. The van der Waals surface area contributed by atoms with Crippen LogP contribution in [0.4, 0.5) is 0 Å². The molecule has 0 radical (unpaired) electrons. The Morgan fingerprint density at radius 2 is 1.96 bits per heavy atom. The van der Waals surface area contributed by atoms with Crippen molar-refractivity contribution in [2.45, 2.75) is 25.3 Å². The van der Waals surface area contributed by atoms with Crippen LogP contribution in [-0.2, 0) is 17.8 Å². The Balaban J connectivity index is 1.73. The van der Waals surface area contributed by atoms with E-state index in [9.17, 15) is 9.59 Å². The molecule has 2 aliphatic rings. The van der Waals surface area contributed by atoms with Crippen molar-refractivity contribution >= 4 is 5.91 Å². The molecule has 4 heteroatoms. The number of carbonyl (C=O) groups is 1. The normalized spacial score (nSPS) is 21.8. The predicted molar refractivity (Wildman–Crippen MR) is 97.6 cm³/mol. The topological polar surface area (TPSA) is 42.3 Å². The second-order valence-electron chi connectivity index (χ2n) is 6.98. The number of aromatic nitrogens is 1. The van der Waals surface area contributed by atoms with Crippen LogP contribution in [0.1, 0.15) is 29.0 Å². The molecule has 1 fully saturated rings. The number of carbonyl (C=O) groups excluding carboxylic acids is 1. The van der Waals surface area contributed by atoms with E-state index in [1.165, 1.54) is 0 Å². The highest BCUT2D eigenvalue weighted by atomic mass is 16.2. The summed E-state index contributed by atoms with van der Waals surface area (Å²) in [5.74, 6) is 0.0556. The van der Waals surface area contributed by atoms with Crippen LogP contribution in [0.15, 0.2) is 60.0 Å². The largest absolute Gasteiger partial charge is 0.338 e. The zero-order chi connectivity index (χ0) is 17.4. The number of likely N-dealkylation sites (tertiary alicyclic amines) is 1. The van der Waals surface area contributed by atoms with Crippen LogP contribution < -0.4 is 5.56 Å². The van der Waals surface area contributed by atoms with Crippen molar-refractivity contribution in [2.24, 2.45) is 5.92 Å². The molecule has 1 aliphatic heterocycles. The summed E-state index contributed by atoms with van der Waals surface area (Å²) in [5.41, 5.74) is 2.85. The average molecular weight is 334 g/mol. The second kappa shape index (κ2) is 6.36. The van der Waals surface area contributed by atoms with Crippen molar-refractivity contribution in [3.63, 3.8) is 0 Å². The van der Waals surface area contributed by atoms with E-state index in [1.54, 1.807) is 10.6 Å². The monoisotopic (exact) mass is 334 g/mol. The number of aryl methyl sites for hydroxylation is 1. The molecule has 0 unspecified atom stereocenters. The minimum atomic E-state index is -0.278. The molecule has 2 heterocycles. The molecular formula is C21H22N2O2. The first kappa shape index (κ1) is 15.9. The number of pyridine rings is 1. The van der Waals surface area contributed by atoms with E-state index in [0.29, 0.717) is 13.1 Å². The fourth-order valence-corrected chi connectivity index (χ4v) is 4.24. The quantitative estimate of drug-likeness (QED) is 0.807. The van der Waals surface area contributed by atoms with Gasteiger partial charge in [-0.05, 0) is 36.0 Å². The van der Waals surface area contributed by atoms with Gasteiger partial charge in [-0.15, -0.1) is 6.58 Å². The maximum absolute atomic E-state index is 13.1. The number of amides is 1. The van der Waals surface area contributed by atoms with Gasteiger partial charge in [0.25, 0.3) is 5.56 Å². The summed E-state index contributed by atoms with van der Waals surface area (Å²) >= 11 is 0. The molecule has 1 aliphatic carbocycles. The highest BCUT2D eigenvalue weighted by Gasteiger charge is 2.45. The van der Waals surface area contributed by atoms with Crippen molar-refractivity contribution in [1.29, 1.82) is 0 Å². The highest BCUT2D eigenvalue weighted by Crippen LogP contribution is 2.40. The van der Waals surface area contributed by atoms with Gasteiger partial charge in [0.1, 0.15) is 0 Å². The van der Waals surface area contributed by atoms with E-state index in [2.05, 4.69) is 6.58 Å². The van der Waals surface area contributed by atoms with Gasteiger partial charge in [-0.25, -0.2) is 0 Å². The molecular weight excluding hydrogens is 312 g/mol. The molecule has 1 amide bonds. The van der Waals surface area contributed by atoms with Gasteiger partial charge in [0.2, 0.25) is 5.91 Å². The molecule has 0 bridgehead atoms. The molecule has 25 heavy (non-hydrogen) atoms. The molecule has 0 saturated carbocycles. The number of nitrogens with zero attached hydrogens (tertiary/aromatic N) is 2. The van der Waals surface area contributed by atoms with E-state index in [0.717, 1.165) is 36.1 Å². The van der Waals surface area contributed by atoms with E-state index >= 15 is 0 Å². The lowest BCUT2D eigenvalue weighted by Crippen LogP contribution is -2.34. The lowest BCUT2D eigenvalue weighted by Gasteiger charge is -2.25. The lowest BCUT2D eigenvalue weighted by atomic mass is 9.77. The summed E-state index contributed by atoms with van der Waals surface area (Å²) in [6.07, 6.45) is 5.48. The summed E-state index contributed by atoms with van der Waals surface area (Å²) < 4.78 is 1.74. The number of fused-ring (bicyclic) bond motifs is 3. The molecule has 1 aromatic carbocycles. The maximum atomic E-state index is 13.1. The number of benzene rings is 1. The van der Waals surface area contributed by atoms with E-state index in [4.69, 9.17) is 0 Å². The Labute approximate surface area is 147 Å². The fraction of sp³-hybridized carbons (Fsp3) is 0.333. The van der Waals surface area contributed by atoms with Crippen molar-refractivity contribution in [3.8, 4) is 0 Å². The summed E-state index contributed by atoms with van der Waals surface area (Å²) in [5, 5.41) is 0. The zero-order valence-electron chi connectivity index (χ0n) is 14.2. The molecule has 2 atom stereocenters.